The fourth-order valence-corrected chi connectivity index (χ4v) is 2.97. The Morgan fingerprint density at radius 2 is 1.47 bits per heavy atom. The Morgan fingerprint density at radius 3 is 2.03 bits per heavy atom. The molecule has 1 N–H and O–H groups in total. The third-order valence-electron chi connectivity index (χ3n) is 4.61. The number of ketones is 1. The summed E-state index contributed by atoms with van der Waals surface area (Å²) in [5.41, 5.74) is 2.87. The molecule has 1 aromatic heterocycles. The van der Waals surface area contributed by atoms with E-state index in [9.17, 15) is 9.59 Å². The predicted octanol–water partition coefficient (Wildman–Crippen LogP) is 3.67. The summed E-state index contributed by atoms with van der Waals surface area (Å²) in [4.78, 5) is 31.9. The van der Waals surface area contributed by atoms with Crippen LogP contribution in [0.15, 0.2) is 54.6 Å². The zero-order chi connectivity index (χ0) is 19.9. The molecule has 2 heterocycles. The largest absolute Gasteiger partial charge is 0.478 e. The van der Waals surface area contributed by atoms with Crippen LogP contribution in [-0.4, -0.2) is 60.0 Å². The standard InChI is InChI=1S/C22H23N3O3.2ClH/c1-24-13-15-25(16-14-24)20-9-5-17(6-10-20)21(26)11-7-18-3-2-4-19(23-18)8-12-22(27)28;;/h2-12H,13-16H2,1H3,(H,27,28);2*1H. The molecule has 1 aromatic carbocycles. The van der Waals surface area contributed by atoms with Gasteiger partial charge in [-0.15, -0.1) is 24.8 Å². The number of benzene rings is 1. The van der Waals surface area contributed by atoms with E-state index in [0.29, 0.717) is 17.0 Å². The van der Waals surface area contributed by atoms with Gasteiger partial charge in [0, 0.05) is 43.5 Å². The summed E-state index contributed by atoms with van der Waals surface area (Å²) >= 11 is 0. The number of aliphatic carboxylic acids is 1. The zero-order valence-electron chi connectivity index (χ0n) is 16.6. The van der Waals surface area contributed by atoms with Crippen molar-refractivity contribution in [1.82, 2.24) is 9.88 Å². The summed E-state index contributed by atoms with van der Waals surface area (Å²) in [7, 11) is 2.12. The van der Waals surface area contributed by atoms with Gasteiger partial charge in [0.15, 0.2) is 5.78 Å². The third-order valence-corrected chi connectivity index (χ3v) is 4.61. The number of carbonyl (C=O) groups is 2. The SMILES string of the molecule is CN1CCN(c2ccc(C(=O)C=Cc3cccc(C=CC(=O)O)n3)cc2)CC1.Cl.Cl. The van der Waals surface area contributed by atoms with E-state index < -0.39 is 5.97 Å². The van der Waals surface area contributed by atoms with Gasteiger partial charge in [0.1, 0.15) is 0 Å². The number of anilines is 1. The van der Waals surface area contributed by atoms with Gasteiger partial charge in [-0.25, -0.2) is 9.78 Å². The van der Waals surface area contributed by atoms with E-state index in [-0.39, 0.29) is 30.6 Å². The number of hydrogen-bond acceptors (Lipinski definition) is 5. The maximum Gasteiger partial charge on any atom is 0.328 e. The van der Waals surface area contributed by atoms with E-state index in [4.69, 9.17) is 5.11 Å². The number of piperazine rings is 1. The Kier molecular flexibility index (Phi) is 10.3. The highest BCUT2D eigenvalue weighted by molar-refractivity contribution is 6.06. The van der Waals surface area contributed by atoms with Gasteiger partial charge in [-0.2, -0.15) is 0 Å². The number of aromatic nitrogens is 1. The van der Waals surface area contributed by atoms with Crippen molar-refractivity contribution in [3.63, 3.8) is 0 Å². The molecule has 30 heavy (non-hydrogen) atoms. The number of halogens is 2. The molecule has 0 saturated carbocycles. The molecule has 0 spiro atoms. The molecule has 2 aromatic rings. The minimum absolute atomic E-state index is 0. The van der Waals surface area contributed by atoms with Crippen LogP contribution in [-0.2, 0) is 4.79 Å². The highest BCUT2D eigenvalue weighted by atomic mass is 35.5. The van der Waals surface area contributed by atoms with Gasteiger partial charge in [-0.05, 0) is 61.7 Å². The second kappa shape index (κ2) is 12.1. The fraction of sp³-hybridized carbons (Fsp3) is 0.227. The van der Waals surface area contributed by atoms with Crippen LogP contribution in [0, 0.1) is 0 Å². The van der Waals surface area contributed by atoms with Gasteiger partial charge in [0.2, 0.25) is 0 Å². The first kappa shape index (κ1) is 25.4. The lowest BCUT2D eigenvalue weighted by molar-refractivity contribution is -0.131. The average Bonchev–Trinajstić information content (AvgIpc) is 2.71. The van der Waals surface area contributed by atoms with Crippen LogP contribution in [0.4, 0.5) is 5.69 Å². The summed E-state index contributed by atoms with van der Waals surface area (Å²) < 4.78 is 0. The number of carboxylic acids is 1. The Hall–Kier alpha value is -2.67. The monoisotopic (exact) mass is 449 g/mol. The smallest absolute Gasteiger partial charge is 0.328 e. The number of pyridine rings is 1. The molecule has 0 bridgehead atoms. The van der Waals surface area contributed by atoms with E-state index >= 15 is 0 Å². The lowest BCUT2D eigenvalue weighted by Gasteiger charge is -2.34. The highest BCUT2D eigenvalue weighted by Crippen LogP contribution is 2.17. The van der Waals surface area contributed by atoms with Crippen molar-refractivity contribution < 1.29 is 14.7 Å². The summed E-state index contributed by atoms with van der Waals surface area (Å²) in [6.07, 6.45) is 5.56. The fourth-order valence-electron chi connectivity index (χ4n) is 2.97. The minimum atomic E-state index is -1.03. The average molecular weight is 450 g/mol. The summed E-state index contributed by atoms with van der Waals surface area (Å²) in [6, 6.07) is 12.9. The molecule has 160 valence electrons. The number of carboxylic acid groups (broad SMARTS) is 1. The molecule has 8 heteroatoms. The topological polar surface area (TPSA) is 73.7 Å². The molecule has 1 aliphatic rings. The molecule has 0 atom stereocenters. The summed E-state index contributed by atoms with van der Waals surface area (Å²) in [5.74, 6) is -1.13. The number of allylic oxidation sites excluding steroid dienone is 1. The summed E-state index contributed by atoms with van der Waals surface area (Å²) in [6.45, 7) is 4.05. The van der Waals surface area contributed by atoms with E-state index in [1.807, 2.05) is 24.3 Å². The summed E-state index contributed by atoms with van der Waals surface area (Å²) in [5, 5.41) is 8.68. The second-order valence-corrected chi connectivity index (χ2v) is 6.69. The Labute approximate surface area is 188 Å². The van der Waals surface area contributed by atoms with E-state index in [2.05, 4.69) is 21.8 Å². The number of hydrogen-bond donors (Lipinski definition) is 1. The molecule has 0 radical (unpaired) electrons. The van der Waals surface area contributed by atoms with Crippen LogP contribution >= 0.6 is 24.8 Å². The zero-order valence-corrected chi connectivity index (χ0v) is 18.2. The van der Waals surface area contributed by atoms with Gasteiger partial charge >= 0.3 is 5.97 Å². The van der Waals surface area contributed by atoms with Gasteiger partial charge in [-0.1, -0.05) is 6.07 Å². The third kappa shape index (κ3) is 7.30. The molecule has 0 aliphatic carbocycles. The van der Waals surface area contributed by atoms with Crippen LogP contribution < -0.4 is 4.90 Å². The first-order valence-electron chi connectivity index (χ1n) is 9.15. The molecule has 0 unspecified atom stereocenters. The van der Waals surface area contributed by atoms with Crippen LogP contribution in [0.5, 0.6) is 0 Å². The van der Waals surface area contributed by atoms with E-state index in [1.54, 1.807) is 24.3 Å². The van der Waals surface area contributed by atoms with Crippen LogP contribution in [0.1, 0.15) is 21.7 Å². The molecule has 6 nitrogen and oxygen atoms in total. The molecular formula is C22H25Cl2N3O3. The Balaban J connectivity index is 0.00000225. The quantitative estimate of drug-likeness (QED) is 0.535. The predicted molar refractivity (Wildman–Crippen MR) is 125 cm³/mol. The molecule has 0 amide bonds. The number of nitrogens with zero attached hydrogens (tertiary/aromatic N) is 3. The van der Waals surface area contributed by atoms with E-state index in [0.717, 1.165) is 37.9 Å². The van der Waals surface area contributed by atoms with Crippen molar-refractivity contribution in [2.75, 3.05) is 38.1 Å². The van der Waals surface area contributed by atoms with Crippen molar-refractivity contribution in [2.24, 2.45) is 0 Å². The Bertz CT molecular complexity index is 906. The first-order valence-corrected chi connectivity index (χ1v) is 9.15. The van der Waals surface area contributed by atoms with Gasteiger partial charge in [0.05, 0.1) is 11.4 Å². The van der Waals surface area contributed by atoms with Gasteiger partial charge < -0.3 is 14.9 Å². The normalized spacial score (nSPS) is 14.4. The molecular weight excluding hydrogens is 425 g/mol. The molecule has 1 aliphatic heterocycles. The van der Waals surface area contributed by atoms with E-state index in [1.165, 1.54) is 12.2 Å². The molecule has 1 saturated heterocycles. The van der Waals surface area contributed by atoms with Crippen molar-refractivity contribution >= 4 is 54.4 Å². The van der Waals surface area contributed by atoms with Crippen molar-refractivity contribution in [3.8, 4) is 0 Å². The first-order chi connectivity index (χ1) is 13.5. The maximum atomic E-state index is 12.4. The van der Waals surface area contributed by atoms with Crippen molar-refractivity contribution in [1.29, 1.82) is 0 Å². The van der Waals surface area contributed by atoms with Crippen molar-refractivity contribution in [2.45, 2.75) is 0 Å². The maximum absolute atomic E-state index is 12.4. The lowest BCUT2D eigenvalue weighted by Crippen LogP contribution is -2.44. The second-order valence-electron chi connectivity index (χ2n) is 6.69. The van der Waals surface area contributed by atoms with Crippen LogP contribution in [0.2, 0.25) is 0 Å². The minimum Gasteiger partial charge on any atom is -0.478 e. The van der Waals surface area contributed by atoms with Crippen LogP contribution in [0.25, 0.3) is 12.2 Å². The van der Waals surface area contributed by atoms with Gasteiger partial charge in [0.25, 0.3) is 0 Å². The number of likely N-dealkylation sites (N-methyl/N-ethyl adjacent to an activating group) is 1. The lowest BCUT2D eigenvalue weighted by atomic mass is 10.1. The number of carbonyl (C=O) groups excluding carboxylic acids is 1. The van der Waals surface area contributed by atoms with Gasteiger partial charge in [-0.3, -0.25) is 4.79 Å². The highest BCUT2D eigenvalue weighted by Gasteiger charge is 2.14. The molecule has 3 rings (SSSR count). The molecule has 1 fully saturated rings. The van der Waals surface area contributed by atoms with Crippen LogP contribution in [0.3, 0.4) is 0 Å². The number of rotatable bonds is 6. The Morgan fingerprint density at radius 1 is 0.900 bits per heavy atom. The van der Waals surface area contributed by atoms with Crippen molar-refractivity contribution in [3.05, 3.63) is 71.6 Å².